The zero-order valence-electron chi connectivity index (χ0n) is 13.5. The summed E-state index contributed by atoms with van der Waals surface area (Å²) in [4.78, 5) is 2.44. The van der Waals surface area contributed by atoms with Crippen molar-refractivity contribution in [1.29, 1.82) is 0 Å². The van der Waals surface area contributed by atoms with E-state index in [1.54, 1.807) is 0 Å². The number of nitrogens with one attached hydrogen (secondary N) is 1. The van der Waals surface area contributed by atoms with E-state index >= 15 is 0 Å². The van der Waals surface area contributed by atoms with Gasteiger partial charge in [-0.2, -0.15) is 5.10 Å². The van der Waals surface area contributed by atoms with Gasteiger partial charge in [-0.25, -0.2) is 0 Å². The molecule has 2 rings (SSSR count). The summed E-state index contributed by atoms with van der Waals surface area (Å²) >= 11 is 0. The Morgan fingerprint density at radius 2 is 2.10 bits per heavy atom. The van der Waals surface area contributed by atoms with E-state index in [0.29, 0.717) is 5.41 Å². The Kier molecular flexibility index (Phi) is 5.22. The molecule has 114 valence electrons. The maximum absolute atomic E-state index is 4.25. The maximum atomic E-state index is 4.25. The van der Waals surface area contributed by atoms with Crippen molar-refractivity contribution in [3.8, 4) is 0 Å². The number of aryl methyl sites for hydroxylation is 1. The fourth-order valence-electron chi connectivity index (χ4n) is 2.92. The third-order valence-corrected chi connectivity index (χ3v) is 4.66. The highest BCUT2D eigenvalue weighted by Gasteiger charge is 2.30. The third kappa shape index (κ3) is 4.32. The van der Waals surface area contributed by atoms with E-state index in [4.69, 9.17) is 0 Å². The van der Waals surface area contributed by atoms with E-state index < -0.39 is 0 Å². The zero-order valence-corrected chi connectivity index (χ0v) is 13.5. The summed E-state index contributed by atoms with van der Waals surface area (Å²) in [6.45, 7) is 7.95. The van der Waals surface area contributed by atoms with Gasteiger partial charge in [0.05, 0.1) is 6.20 Å². The van der Waals surface area contributed by atoms with Crippen molar-refractivity contribution in [2.45, 2.75) is 52.1 Å². The van der Waals surface area contributed by atoms with Crippen LogP contribution in [0.2, 0.25) is 0 Å². The molecule has 1 heterocycles. The first-order valence-electron chi connectivity index (χ1n) is 7.96. The molecule has 0 aliphatic heterocycles. The zero-order chi connectivity index (χ0) is 14.6. The van der Waals surface area contributed by atoms with E-state index in [0.717, 1.165) is 25.7 Å². The summed E-state index contributed by atoms with van der Waals surface area (Å²) < 4.78 is 1.88. The van der Waals surface area contributed by atoms with Crippen LogP contribution < -0.4 is 5.32 Å². The molecule has 0 radical (unpaired) electrons. The molecule has 0 unspecified atom stereocenters. The van der Waals surface area contributed by atoms with E-state index in [-0.39, 0.29) is 0 Å². The Hall–Kier alpha value is -0.870. The molecule has 0 atom stereocenters. The van der Waals surface area contributed by atoms with E-state index in [2.05, 4.69) is 42.4 Å². The number of nitrogens with zero attached hydrogens (tertiary/aromatic N) is 3. The molecule has 4 heteroatoms. The number of aromatic nitrogens is 2. The lowest BCUT2D eigenvalue weighted by atomic mass is 9.81. The maximum Gasteiger partial charge on any atom is 0.0534 e. The Labute approximate surface area is 123 Å². The van der Waals surface area contributed by atoms with Crippen LogP contribution in [0.15, 0.2) is 12.4 Å². The van der Waals surface area contributed by atoms with Crippen LogP contribution in [0.4, 0.5) is 0 Å². The fraction of sp³-hybridized carbons (Fsp3) is 0.812. The first kappa shape index (κ1) is 15.5. The van der Waals surface area contributed by atoms with E-state index in [1.807, 2.05) is 17.9 Å². The van der Waals surface area contributed by atoms with Gasteiger partial charge in [0.2, 0.25) is 0 Å². The standard InChI is InChI=1S/C16H30N4/c1-5-16(6-2,12-17-15-7-8-15)13-19(3)10-14-9-18-20(4)11-14/h9,11,15,17H,5-8,10,12-13H2,1-4H3. The van der Waals surface area contributed by atoms with Crippen molar-refractivity contribution >= 4 is 0 Å². The first-order valence-corrected chi connectivity index (χ1v) is 7.96. The summed E-state index contributed by atoms with van der Waals surface area (Å²) in [7, 11) is 4.20. The van der Waals surface area contributed by atoms with Gasteiger partial charge in [0.15, 0.2) is 0 Å². The molecule has 0 aromatic carbocycles. The highest BCUT2D eigenvalue weighted by molar-refractivity contribution is 5.03. The van der Waals surface area contributed by atoms with Crippen LogP contribution in [0.25, 0.3) is 0 Å². The largest absolute Gasteiger partial charge is 0.313 e. The van der Waals surface area contributed by atoms with Crippen LogP contribution >= 0.6 is 0 Å². The minimum Gasteiger partial charge on any atom is -0.313 e. The van der Waals surface area contributed by atoms with Crippen molar-refractivity contribution in [2.75, 3.05) is 20.1 Å². The molecule has 1 aliphatic carbocycles. The monoisotopic (exact) mass is 278 g/mol. The second kappa shape index (κ2) is 6.72. The van der Waals surface area contributed by atoms with Crippen LogP contribution in [0.5, 0.6) is 0 Å². The van der Waals surface area contributed by atoms with Crippen molar-refractivity contribution < 1.29 is 0 Å². The summed E-state index contributed by atoms with van der Waals surface area (Å²) in [5.41, 5.74) is 1.70. The number of hydrogen-bond donors (Lipinski definition) is 1. The van der Waals surface area contributed by atoms with Gasteiger partial charge in [-0.3, -0.25) is 4.68 Å². The summed E-state index contributed by atoms with van der Waals surface area (Å²) in [5.74, 6) is 0. The lowest BCUT2D eigenvalue weighted by molar-refractivity contribution is 0.150. The second-order valence-corrected chi connectivity index (χ2v) is 6.56. The normalized spacial score (nSPS) is 16.1. The molecule has 0 bridgehead atoms. The predicted molar refractivity (Wildman–Crippen MR) is 83.6 cm³/mol. The summed E-state index contributed by atoms with van der Waals surface area (Å²) in [6, 6.07) is 0.802. The average molecular weight is 278 g/mol. The first-order chi connectivity index (χ1) is 9.57. The van der Waals surface area contributed by atoms with Gasteiger partial charge in [-0.15, -0.1) is 0 Å². The van der Waals surface area contributed by atoms with Crippen LogP contribution in [0.1, 0.15) is 45.1 Å². The van der Waals surface area contributed by atoms with Crippen molar-refractivity contribution in [2.24, 2.45) is 12.5 Å². The van der Waals surface area contributed by atoms with E-state index in [9.17, 15) is 0 Å². The highest BCUT2D eigenvalue weighted by Crippen LogP contribution is 2.29. The number of hydrogen-bond acceptors (Lipinski definition) is 3. The molecule has 1 N–H and O–H groups in total. The molecule has 1 aromatic heterocycles. The summed E-state index contributed by atoms with van der Waals surface area (Å²) in [6.07, 6.45) is 9.29. The minimum atomic E-state index is 0.402. The molecule has 4 nitrogen and oxygen atoms in total. The van der Waals surface area contributed by atoms with Crippen LogP contribution in [-0.2, 0) is 13.6 Å². The Morgan fingerprint density at radius 3 is 2.60 bits per heavy atom. The summed E-state index contributed by atoms with van der Waals surface area (Å²) in [5, 5.41) is 7.98. The lowest BCUT2D eigenvalue weighted by Crippen LogP contribution is -2.42. The quantitative estimate of drug-likeness (QED) is 0.753. The van der Waals surface area contributed by atoms with E-state index in [1.165, 1.54) is 31.2 Å². The van der Waals surface area contributed by atoms with Crippen molar-refractivity contribution in [3.05, 3.63) is 18.0 Å². The Bertz CT molecular complexity index is 404. The van der Waals surface area contributed by atoms with Crippen LogP contribution in [0.3, 0.4) is 0 Å². The van der Waals surface area contributed by atoms with Gasteiger partial charge in [-0.05, 0) is 38.1 Å². The lowest BCUT2D eigenvalue weighted by Gasteiger charge is -2.36. The van der Waals surface area contributed by atoms with Gasteiger partial charge in [0.25, 0.3) is 0 Å². The SMILES string of the molecule is CCC(CC)(CNC1CC1)CN(C)Cc1cnn(C)c1. The Balaban J connectivity index is 1.88. The van der Waals surface area contributed by atoms with Crippen LogP contribution in [-0.4, -0.2) is 40.9 Å². The molecular formula is C16H30N4. The predicted octanol–water partition coefficient (Wildman–Crippen LogP) is 2.41. The molecule has 0 spiro atoms. The van der Waals surface area contributed by atoms with Gasteiger partial charge >= 0.3 is 0 Å². The topological polar surface area (TPSA) is 33.1 Å². The molecule has 0 amide bonds. The molecule has 1 aliphatic rings. The van der Waals surface area contributed by atoms with Crippen molar-refractivity contribution in [1.82, 2.24) is 20.0 Å². The molecular weight excluding hydrogens is 248 g/mol. The van der Waals surface area contributed by atoms with Gasteiger partial charge < -0.3 is 10.2 Å². The van der Waals surface area contributed by atoms with Gasteiger partial charge in [0, 0.05) is 44.5 Å². The van der Waals surface area contributed by atoms with Gasteiger partial charge in [-0.1, -0.05) is 13.8 Å². The third-order valence-electron chi connectivity index (χ3n) is 4.66. The van der Waals surface area contributed by atoms with Gasteiger partial charge in [0.1, 0.15) is 0 Å². The molecule has 20 heavy (non-hydrogen) atoms. The molecule has 1 saturated carbocycles. The average Bonchev–Trinajstić information content (AvgIpc) is 3.18. The fourth-order valence-corrected chi connectivity index (χ4v) is 2.92. The number of rotatable bonds is 9. The highest BCUT2D eigenvalue weighted by atomic mass is 15.2. The molecule has 1 aromatic rings. The molecule has 1 fully saturated rings. The second-order valence-electron chi connectivity index (χ2n) is 6.56. The Morgan fingerprint density at radius 1 is 1.40 bits per heavy atom. The molecule has 0 saturated heterocycles. The minimum absolute atomic E-state index is 0.402. The smallest absolute Gasteiger partial charge is 0.0534 e. The van der Waals surface area contributed by atoms with Crippen molar-refractivity contribution in [3.63, 3.8) is 0 Å². The van der Waals surface area contributed by atoms with Crippen LogP contribution in [0, 0.1) is 5.41 Å².